The number of urea groups is 1. The van der Waals surface area contributed by atoms with Gasteiger partial charge in [-0.25, -0.2) is 4.79 Å². The first kappa shape index (κ1) is 16.8. The number of rotatable bonds is 5. The van der Waals surface area contributed by atoms with Crippen LogP contribution >= 0.6 is 0 Å². The lowest BCUT2D eigenvalue weighted by Gasteiger charge is -2.35. The van der Waals surface area contributed by atoms with E-state index in [9.17, 15) is 9.59 Å². The summed E-state index contributed by atoms with van der Waals surface area (Å²) in [6.45, 7) is 7.43. The molecule has 2 amide bonds. The second-order valence-electron chi connectivity index (χ2n) is 5.96. The Morgan fingerprint density at radius 1 is 1.30 bits per heavy atom. The van der Waals surface area contributed by atoms with Crippen molar-refractivity contribution in [1.82, 2.24) is 9.80 Å². The number of hydrogen-bond acceptors (Lipinski definition) is 2. The highest BCUT2D eigenvalue weighted by molar-refractivity contribution is 5.75. The summed E-state index contributed by atoms with van der Waals surface area (Å²) in [5, 5.41) is 8.72. The second-order valence-corrected chi connectivity index (χ2v) is 5.96. The van der Waals surface area contributed by atoms with Gasteiger partial charge in [0.1, 0.15) is 0 Å². The van der Waals surface area contributed by atoms with E-state index < -0.39 is 5.97 Å². The molecule has 5 nitrogen and oxygen atoms in total. The minimum absolute atomic E-state index is 0.0692. The van der Waals surface area contributed by atoms with Crippen molar-refractivity contribution in [2.45, 2.75) is 71.4 Å². The molecule has 1 aliphatic heterocycles. The average Bonchev–Trinajstić information content (AvgIpc) is 2.58. The third-order valence-electron chi connectivity index (χ3n) is 3.96. The molecule has 20 heavy (non-hydrogen) atoms. The largest absolute Gasteiger partial charge is 0.481 e. The first-order chi connectivity index (χ1) is 9.43. The Balaban J connectivity index is 2.64. The van der Waals surface area contributed by atoms with Crippen molar-refractivity contribution >= 4 is 12.0 Å². The van der Waals surface area contributed by atoms with Gasteiger partial charge >= 0.3 is 12.0 Å². The van der Waals surface area contributed by atoms with Gasteiger partial charge < -0.3 is 14.9 Å². The van der Waals surface area contributed by atoms with E-state index in [1.165, 1.54) is 12.8 Å². The Bertz CT molecular complexity index is 331. The van der Waals surface area contributed by atoms with Crippen LogP contribution in [0.25, 0.3) is 0 Å². The van der Waals surface area contributed by atoms with E-state index in [-0.39, 0.29) is 24.5 Å². The van der Waals surface area contributed by atoms with Gasteiger partial charge in [-0.3, -0.25) is 4.79 Å². The third-order valence-corrected chi connectivity index (χ3v) is 3.96. The molecular formula is C15H28N2O3. The number of hydrogen-bond donors (Lipinski definition) is 1. The SMILES string of the molecule is CC(C)N(CCCC(=O)O)C(=O)N1CCCCCC1C. The van der Waals surface area contributed by atoms with E-state index in [1.54, 1.807) is 0 Å². The van der Waals surface area contributed by atoms with Gasteiger partial charge in [-0.05, 0) is 40.0 Å². The van der Waals surface area contributed by atoms with E-state index in [1.807, 2.05) is 23.6 Å². The minimum Gasteiger partial charge on any atom is -0.481 e. The van der Waals surface area contributed by atoms with Gasteiger partial charge in [-0.15, -0.1) is 0 Å². The summed E-state index contributed by atoms with van der Waals surface area (Å²) in [6.07, 6.45) is 5.14. The maximum atomic E-state index is 12.7. The maximum Gasteiger partial charge on any atom is 0.320 e. The molecule has 1 saturated heterocycles. The van der Waals surface area contributed by atoms with E-state index in [4.69, 9.17) is 5.11 Å². The zero-order chi connectivity index (χ0) is 15.1. The van der Waals surface area contributed by atoms with Gasteiger partial charge in [0.05, 0.1) is 0 Å². The molecule has 0 radical (unpaired) electrons. The van der Waals surface area contributed by atoms with Crippen LogP contribution in [0.1, 0.15) is 59.3 Å². The van der Waals surface area contributed by atoms with Crippen LogP contribution in [-0.2, 0) is 4.79 Å². The molecule has 0 aliphatic carbocycles. The molecule has 5 heteroatoms. The average molecular weight is 284 g/mol. The number of carboxylic acids is 1. The summed E-state index contributed by atoms with van der Waals surface area (Å²) < 4.78 is 0. The quantitative estimate of drug-likeness (QED) is 0.844. The zero-order valence-corrected chi connectivity index (χ0v) is 13.0. The zero-order valence-electron chi connectivity index (χ0n) is 13.0. The van der Waals surface area contributed by atoms with Gasteiger partial charge in [-0.1, -0.05) is 12.8 Å². The van der Waals surface area contributed by atoms with Gasteiger partial charge in [0.15, 0.2) is 0 Å². The van der Waals surface area contributed by atoms with Crippen LogP contribution in [0.3, 0.4) is 0 Å². The molecule has 116 valence electrons. The van der Waals surface area contributed by atoms with Crippen LogP contribution in [0.4, 0.5) is 4.79 Å². The number of carboxylic acid groups (broad SMARTS) is 1. The summed E-state index contributed by atoms with van der Waals surface area (Å²) in [4.78, 5) is 27.1. The second kappa shape index (κ2) is 8.12. The van der Waals surface area contributed by atoms with Crippen molar-refractivity contribution < 1.29 is 14.7 Å². The van der Waals surface area contributed by atoms with E-state index in [2.05, 4.69) is 6.92 Å². The third kappa shape index (κ3) is 5.02. The molecule has 0 aromatic carbocycles. The summed E-state index contributed by atoms with van der Waals surface area (Å²) in [7, 11) is 0. The Labute approximate surface area is 121 Å². The first-order valence-electron chi connectivity index (χ1n) is 7.72. The minimum atomic E-state index is -0.802. The van der Waals surface area contributed by atoms with Gasteiger partial charge in [0, 0.05) is 31.6 Å². The lowest BCUT2D eigenvalue weighted by atomic mass is 10.1. The summed E-state index contributed by atoms with van der Waals surface area (Å²) in [6, 6.07) is 0.456. The highest BCUT2D eigenvalue weighted by Crippen LogP contribution is 2.19. The fourth-order valence-electron chi connectivity index (χ4n) is 2.70. The molecule has 0 spiro atoms. The van der Waals surface area contributed by atoms with Crippen molar-refractivity contribution in [3.05, 3.63) is 0 Å². The van der Waals surface area contributed by atoms with Crippen molar-refractivity contribution in [2.24, 2.45) is 0 Å². The highest BCUT2D eigenvalue weighted by Gasteiger charge is 2.27. The van der Waals surface area contributed by atoms with Crippen LogP contribution in [-0.4, -0.2) is 52.1 Å². The number of aliphatic carboxylic acids is 1. The molecule has 1 unspecified atom stereocenters. The van der Waals surface area contributed by atoms with Crippen LogP contribution in [0, 0.1) is 0 Å². The van der Waals surface area contributed by atoms with Gasteiger partial charge in [0.25, 0.3) is 0 Å². The highest BCUT2D eigenvalue weighted by atomic mass is 16.4. The summed E-state index contributed by atoms with van der Waals surface area (Å²) in [5.74, 6) is -0.802. The lowest BCUT2D eigenvalue weighted by Crippen LogP contribution is -2.50. The molecule has 0 aromatic rings. The van der Waals surface area contributed by atoms with Crippen LogP contribution in [0.2, 0.25) is 0 Å². The number of likely N-dealkylation sites (tertiary alicyclic amines) is 1. The standard InChI is InChI=1S/C15H28N2O3/c1-12(2)16(11-7-9-14(18)19)15(20)17-10-6-4-5-8-13(17)3/h12-13H,4-11H2,1-3H3,(H,18,19). The van der Waals surface area contributed by atoms with Crippen molar-refractivity contribution in [3.8, 4) is 0 Å². The Morgan fingerprint density at radius 2 is 2.00 bits per heavy atom. The smallest absolute Gasteiger partial charge is 0.320 e. The molecule has 0 bridgehead atoms. The normalized spacial score (nSPS) is 19.8. The molecule has 1 fully saturated rings. The maximum absolute atomic E-state index is 12.7. The predicted molar refractivity (Wildman–Crippen MR) is 78.7 cm³/mol. The van der Waals surface area contributed by atoms with E-state index in [0.717, 1.165) is 19.4 Å². The fourth-order valence-corrected chi connectivity index (χ4v) is 2.70. The summed E-state index contributed by atoms with van der Waals surface area (Å²) in [5.41, 5.74) is 0. The van der Waals surface area contributed by atoms with Crippen molar-refractivity contribution in [1.29, 1.82) is 0 Å². The fraction of sp³-hybridized carbons (Fsp3) is 0.867. The molecule has 0 aromatic heterocycles. The van der Waals surface area contributed by atoms with E-state index in [0.29, 0.717) is 13.0 Å². The molecule has 0 saturated carbocycles. The summed E-state index contributed by atoms with van der Waals surface area (Å²) >= 11 is 0. The molecule has 1 heterocycles. The Kier molecular flexibility index (Phi) is 6.82. The van der Waals surface area contributed by atoms with Crippen molar-refractivity contribution in [3.63, 3.8) is 0 Å². The monoisotopic (exact) mass is 284 g/mol. The molecule has 1 aliphatic rings. The Hall–Kier alpha value is -1.26. The number of carbonyl (C=O) groups excluding carboxylic acids is 1. The lowest BCUT2D eigenvalue weighted by molar-refractivity contribution is -0.137. The molecular weight excluding hydrogens is 256 g/mol. The number of nitrogens with zero attached hydrogens (tertiary/aromatic N) is 2. The van der Waals surface area contributed by atoms with Crippen molar-refractivity contribution in [2.75, 3.05) is 13.1 Å². The predicted octanol–water partition coefficient (Wildman–Crippen LogP) is 2.95. The van der Waals surface area contributed by atoms with Crippen LogP contribution < -0.4 is 0 Å². The van der Waals surface area contributed by atoms with E-state index >= 15 is 0 Å². The molecule has 1 rings (SSSR count). The Morgan fingerprint density at radius 3 is 2.60 bits per heavy atom. The van der Waals surface area contributed by atoms with Gasteiger partial charge in [-0.2, -0.15) is 0 Å². The molecule has 1 N–H and O–H groups in total. The number of carbonyl (C=O) groups is 2. The van der Waals surface area contributed by atoms with Crippen LogP contribution in [0.5, 0.6) is 0 Å². The van der Waals surface area contributed by atoms with Gasteiger partial charge in [0.2, 0.25) is 0 Å². The first-order valence-corrected chi connectivity index (χ1v) is 7.72. The van der Waals surface area contributed by atoms with Crippen LogP contribution in [0.15, 0.2) is 0 Å². The molecule has 1 atom stereocenters. The number of amides is 2. The topological polar surface area (TPSA) is 60.9 Å².